The number of amides is 1. The molecular formula is C10H12F3NO3. The molecule has 2 aliphatic carbocycles. The third-order valence-electron chi connectivity index (χ3n) is 3.92. The highest BCUT2D eigenvalue weighted by atomic mass is 19.4. The Balaban J connectivity index is 2.25. The standard InChI is InChI=1S/C10H12F3NO3/c11-10(12,13)6(15)14-9(7(16)17)3-1-2-8(9)4-5-8/h1-5H2,(H,14,15)(H,16,17). The second kappa shape index (κ2) is 3.36. The summed E-state index contributed by atoms with van der Waals surface area (Å²) in [5, 5.41) is 10.9. The molecule has 4 nitrogen and oxygen atoms in total. The van der Waals surface area contributed by atoms with Crippen molar-refractivity contribution in [2.45, 2.75) is 43.8 Å². The average Bonchev–Trinajstić information content (AvgIpc) is 2.85. The van der Waals surface area contributed by atoms with E-state index in [4.69, 9.17) is 0 Å². The molecule has 2 aliphatic rings. The van der Waals surface area contributed by atoms with E-state index in [9.17, 15) is 27.9 Å². The first kappa shape index (κ1) is 12.2. The van der Waals surface area contributed by atoms with Crippen LogP contribution in [0.25, 0.3) is 0 Å². The maximum Gasteiger partial charge on any atom is 0.471 e. The highest BCUT2D eigenvalue weighted by Crippen LogP contribution is 2.63. The van der Waals surface area contributed by atoms with Gasteiger partial charge in [0.15, 0.2) is 0 Å². The molecule has 2 rings (SSSR count). The van der Waals surface area contributed by atoms with Crippen molar-refractivity contribution >= 4 is 11.9 Å². The van der Waals surface area contributed by atoms with E-state index < -0.39 is 29.0 Å². The quantitative estimate of drug-likeness (QED) is 0.780. The number of halogens is 3. The number of aliphatic carboxylic acids is 1. The Hall–Kier alpha value is -1.27. The molecule has 0 aliphatic heterocycles. The van der Waals surface area contributed by atoms with Gasteiger partial charge >= 0.3 is 18.1 Å². The second-order valence-corrected chi connectivity index (χ2v) is 4.80. The molecule has 0 heterocycles. The lowest BCUT2D eigenvalue weighted by molar-refractivity contribution is -0.179. The van der Waals surface area contributed by atoms with Crippen molar-refractivity contribution in [2.75, 3.05) is 0 Å². The first-order valence-electron chi connectivity index (χ1n) is 5.36. The van der Waals surface area contributed by atoms with Crippen LogP contribution < -0.4 is 5.32 Å². The van der Waals surface area contributed by atoms with Gasteiger partial charge in [-0.2, -0.15) is 13.2 Å². The van der Waals surface area contributed by atoms with Crippen molar-refractivity contribution in [1.82, 2.24) is 5.32 Å². The Kier molecular flexibility index (Phi) is 2.41. The Labute approximate surface area is 95.2 Å². The Morgan fingerprint density at radius 2 is 1.71 bits per heavy atom. The van der Waals surface area contributed by atoms with E-state index in [-0.39, 0.29) is 6.42 Å². The molecule has 1 atom stereocenters. The number of hydrogen-bond acceptors (Lipinski definition) is 2. The zero-order chi connectivity index (χ0) is 12.9. The van der Waals surface area contributed by atoms with Crippen LogP contribution in [-0.4, -0.2) is 28.7 Å². The highest BCUT2D eigenvalue weighted by Gasteiger charge is 2.67. The number of alkyl halides is 3. The van der Waals surface area contributed by atoms with E-state index in [0.29, 0.717) is 25.7 Å². The Morgan fingerprint density at radius 3 is 2.12 bits per heavy atom. The van der Waals surface area contributed by atoms with Crippen molar-refractivity contribution in [3.05, 3.63) is 0 Å². The fourth-order valence-corrected chi connectivity index (χ4v) is 2.85. The molecule has 0 bridgehead atoms. The summed E-state index contributed by atoms with van der Waals surface area (Å²) in [6, 6.07) is 0. The minimum absolute atomic E-state index is 0.0736. The van der Waals surface area contributed by atoms with Gasteiger partial charge in [-0.3, -0.25) is 4.79 Å². The van der Waals surface area contributed by atoms with Crippen molar-refractivity contribution < 1.29 is 27.9 Å². The van der Waals surface area contributed by atoms with Gasteiger partial charge in [0.2, 0.25) is 0 Å². The molecule has 0 aromatic carbocycles. The number of carbonyl (C=O) groups excluding carboxylic acids is 1. The van der Waals surface area contributed by atoms with Gasteiger partial charge in [0.25, 0.3) is 0 Å². The fourth-order valence-electron chi connectivity index (χ4n) is 2.85. The minimum atomic E-state index is -5.04. The van der Waals surface area contributed by atoms with E-state index in [1.807, 2.05) is 0 Å². The normalized spacial score (nSPS) is 30.3. The molecule has 17 heavy (non-hydrogen) atoms. The summed E-state index contributed by atoms with van der Waals surface area (Å²) >= 11 is 0. The number of carbonyl (C=O) groups is 2. The SMILES string of the molecule is O=C(NC1(C(=O)O)CCCC12CC2)C(F)(F)F. The van der Waals surface area contributed by atoms with Gasteiger partial charge in [-0.1, -0.05) is 0 Å². The van der Waals surface area contributed by atoms with Gasteiger partial charge < -0.3 is 10.4 Å². The first-order chi connectivity index (χ1) is 7.74. The summed E-state index contributed by atoms with van der Waals surface area (Å²) < 4.78 is 36.6. The molecule has 0 radical (unpaired) electrons. The largest absolute Gasteiger partial charge is 0.479 e. The zero-order valence-electron chi connectivity index (χ0n) is 8.93. The monoisotopic (exact) mass is 251 g/mol. The molecule has 0 saturated heterocycles. The molecule has 2 fully saturated rings. The summed E-state index contributed by atoms with van der Waals surface area (Å²) in [7, 11) is 0. The van der Waals surface area contributed by atoms with Crippen LogP contribution in [0.1, 0.15) is 32.1 Å². The predicted octanol–water partition coefficient (Wildman–Crippen LogP) is 1.45. The van der Waals surface area contributed by atoms with Crippen LogP contribution in [0.5, 0.6) is 0 Å². The van der Waals surface area contributed by atoms with Crippen molar-refractivity contribution in [3.63, 3.8) is 0 Å². The summed E-state index contributed by atoms with van der Waals surface area (Å²) in [5.41, 5.74) is -2.38. The molecule has 1 spiro atoms. The van der Waals surface area contributed by atoms with Crippen LogP contribution in [0.2, 0.25) is 0 Å². The lowest BCUT2D eigenvalue weighted by Crippen LogP contribution is -2.60. The number of carboxylic acid groups (broad SMARTS) is 1. The van der Waals surface area contributed by atoms with Gasteiger partial charge in [0, 0.05) is 5.41 Å². The van der Waals surface area contributed by atoms with Gasteiger partial charge in [-0.05, 0) is 32.1 Å². The van der Waals surface area contributed by atoms with Gasteiger partial charge in [0.1, 0.15) is 5.54 Å². The van der Waals surface area contributed by atoms with Gasteiger partial charge in [-0.15, -0.1) is 0 Å². The molecule has 96 valence electrons. The van der Waals surface area contributed by atoms with Crippen LogP contribution in [0, 0.1) is 5.41 Å². The molecule has 2 N–H and O–H groups in total. The average molecular weight is 251 g/mol. The topological polar surface area (TPSA) is 66.4 Å². The smallest absolute Gasteiger partial charge is 0.471 e. The van der Waals surface area contributed by atoms with E-state index in [1.165, 1.54) is 0 Å². The van der Waals surface area contributed by atoms with E-state index >= 15 is 0 Å². The molecule has 0 aromatic heterocycles. The number of hydrogen-bond donors (Lipinski definition) is 2. The number of nitrogens with one attached hydrogen (secondary N) is 1. The Morgan fingerprint density at radius 1 is 1.12 bits per heavy atom. The van der Waals surface area contributed by atoms with Crippen LogP contribution in [0.4, 0.5) is 13.2 Å². The van der Waals surface area contributed by atoms with Crippen molar-refractivity contribution in [1.29, 1.82) is 0 Å². The maximum absolute atomic E-state index is 12.2. The van der Waals surface area contributed by atoms with Crippen LogP contribution in [0.3, 0.4) is 0 Å². The van der Waals surface area contributed by atoms with E-state index in [1.54, 1.807) is 5.32 Å². The summed E-state index contributed by atoms with van der Waals surface area (Å²) in [4.78, 5) is 22.2. The number of carboxylic acids is 1. The Bertz CT molecular complexity index is 375. The van der Waals surface area contributed by atoms with E-state index in [0.717, 1.165) is 0 Å². The summed E-state index contributed by atoms with van der Waals surface area (Å²) in [6.07, 6.45) is -2.73. The highest BCUT2D eigenvalue weighted by molar-refractivity contribution is 5.91. The maximum atomic E-state index is 12.2. The van der Waals surface area contributed by atoms with E-state index in [2.05, 4.69) is 0 Å². The zero-order valence-corrected chi connectivity index (χ0v) is 8.93. The molecule has 7 heteroatoms. The fraction of sp³-hybridized carbons (Fsp3) is 0.800. The molecule has 0 aromatic rings. The van der Waals surface area contributed by atoms with Crippen molar-refractivity contribution in [2.24, 2.45) is 5.41 Å². The van der Waals surface area contributed by atoms with Gasteiger partial charge in [0.05, 0.1) is 0 Å². The lowest BCUT2D eigenvalue weighted by Gasteiger charge is -2.32. The predicted molar refractivity (Wildman–Crippen MR) is 50.1 cm³/mol. The first-order valence-corrected chi connectivity index (χ1v) is 5.36. The molecule has 1 unspecified atom stereocenters. The third kappa shape index (κ3) is 1.68. The lowest BCUT2D eigenvalue weighted by atomic mass is 9.83. The number of rotatable bonds is 2. The van der Waals surface area contributed by atoms with Crippen LogP contribution >= 0.6 is 0 Å². The molecule has 1 amide bonds. The minimum Gasteiger partial charge on any atom is -0.479 e. The third-order valence-corrected chi connectivity index (χ3v) is 3.92. The van der Waals surface area contributed by atoms with Crippen molar-refractivity contribution in [3.8, 4) is 0 Å². The van der Waals surface area contributed by atoms with Gasteiger partial charge in [-0.25, -0.2) is 4.79 Å². The van der Waals surface area contributed by atoms with Crippen LogP contribution in [0.15, 0.2) is 0 Å². The summed E-state index contributed by atoms with van der Waals surface area (Å²) in [5.74, 6) is -3.52. The summed E-state index contributed by atoms with van der Waals surface area (Å²) in [6.45, 7) is 0. The molecule has 2 saturated carbocycles. The second-order valence-electron chi connectivity index (χ2n) is 4.80. The van der Waals surface area contributed by atoms with Crippen LogP contribution in [-0.2, 0) is 9.59 Å². The molecular weight excluding hydrogens is 239 g/mol.